The third kappa shape index (κ3) is 3.37. The van der Waals surface area contributed by atoms with Crippen LogP contribution in [0.5, 0.6) is 5.75 Å². The predicted octanol–water partition coefficient (Wildman–Crippen LogP) is 2.97. The molecule has 2 aromatic rings. The number of ether oxygens (including phenoxy) is 1. The first-order valence-corrected chi connectivity index (χ1v) is 7.46. The Kier molecular flexibility index (Phi) is 4.87. The van der Waals surface area contributed by atoms with Crippen molar-refractivity contribution >= 4 is 17.5 Å². The lowest BCUT2D eigenvalue weighted by atomic mass is 10.0. The van der Waals surface area contributed by atoms with E-state index in [1.54, 1.807) is 13.8 Å². The molecule has 0 aliphatic carbocycles. The number of hydrogen-bond acceptors (Lipinski definition) is 5. The molecule has 0 radical (unpaired) electrons. The van der Waals surface area contributed by atoms with Crippen LogP contribution in [0.3, 0.4) is 0 Å². The summed E-state index contributed by atoms with van der Waals surface area (Å²) in [4.78, 5) is 39.1. The highest BCUT2D eigenvalue weighted by molar-refractivity contribution is 6.05. The van der Waals surface area contributed by atoms with Gasteiger partial charge >= 0.3 is 5.97 Å². The number of phenols is 1. The van der Waals surface area contributed by atoms with Crippen LogP contribution in [0.2, 0.25) is 0 Å². The molecule has 0 bridgehead atoms. The van der Waals surface area contributed by atoms with E-state index >= 15 is 0 Å². The number of H-pyrrole nitrogens is 1. The number of rotatable bonds is 5. The van der Waals surface area contributed by atoms with Crippen LogP contribution in [0.25, 0.3) is 0 Å². The maximum absolute atomic E-state index is 12.5. The Morgan fingerprint density at radius 2 is 1.88 bits per heavy atom. The predicted molar refractivity (Wildman–Crippen MR) is 87.6 cm³/mol. The summed E-state index contributed by atoms with van der Waals surface area (Å²) in [5, 5.41) is 9.39. The first-order chi connectivity index (χ1) is 11.2. The summed E-state index contributed by atoms with van der Waals surface area (Å²) < 4.78 is 5.17. The summed E-state index contributed by atoms with van der Waals surface area (Å²) in [5.74, 6) is -1.33. The third-order valence-electron chi connectivity index (χ3n) is 3.77. The van der Waals surface area contributed by atoms with Gasteiger partial charge in [0, 0.05) is 11.3 Å². The summed E-state index contributed by atoms with van der Waals surface area (Å²) in [7, 11) is 0. The molecule has 0 aliphatic rings. The SMILES string of the molecule is CC(=O)c1c(C)[nH]c(C(=O)[C@@H](C)OC(=O)c2cccc(O)c2)c1C. The van der Waals surface area contributed by atoms with Crippen molar-refractivity contribution < 1.29 is 24.2 Å². The molecular weight excluding hydrogens is 310 g/mol. The number of aryl methyl sites for hydroxylation is 1. The summed E-state index contributed by atoms with van der Waals surface area (Å²) in [6.45, 7) is 6.29. The Bertz CT molecular complexity index is 819. The zero-order valence-electron chi connectivity index (χ0n) is 14.0. The molecule has 1 heterocycles. The van der Waals surface area contributed by atoms with Crippen LogP contribution in [0.1, 0.15) is 56.3 Å². The summed E-state index contributed by atoms with van der Waals surface area (Å²) in [6.07, 6.45) is -1.03. The summed E-state index contributed by atoms with van der Waals surface area (Å²) in [6, 6.07) is 5.68. The van der Waals surface area contributed by atoms with E-state index < -0.39 is 17.9 Å². The van der Waals surface area contributed by atoms with E-state index in [9.17, 15) is 19.5 Å². The topological polar surface area (TPSA) is 96.5 Å². The van der Waals surface area contributed by atoms with Gasteiger partial charge in [-0.25, -0.2) is 4.79 Å². The number of carbonyl (C=O) groups excluding carboxylic acids is 3. The average Bonchev–Trinajstić information content (AvgIpc) is 2.81. The lowest BCUT2D eigenvalue weighted by Gasteiger charge is -2.12. The van der Waals surface area contributed by atoms with Gasteiger partial charge in [-0.1, -0.05) is 6.07 Å². The van der Waals surface area contributed by atoms with E-state index in [0.29, 0.717) is 16.8 Å². The highest BCUT2D eigenvalue weighted by Gasteiger charge is 2.26. The Morgan fingerprint density at radius 3 is 2.42 bits per heavy atom. The van der Waals surface area contributed by atoms with E-state index in [0.717, 1.165) is 0 Å². The van der Waals surface area contributed by atoms with Crippen LogP contribution in [-0.2, 0) is 4.74 Å². The number of hydrogen-bond donors (Lipinski definition) is 2. The van der Waals surface area contributed by atoms with E-state index in [1.807, 2.05) is 0 Å². The largest absolute Gasteiger partial charge is 0.508 e. The molecule has 0 unspecified atom stereocenters. The monoisotopic (exact) mass is 329 g/mol. The minimum atomic E-state index is -1.03. The smallest absolute Gasteiger partial charge is 0.338 e. The van der Waals surface area contributed by atoms with Crippen molar-refractivity contribution in [1.82, 2.24) is 4.98 Å². The van der Waals surface area contributed by atoms with Crippen molar-refractivity contribution in [3.8, 4) is 5.75 Å². The average molecular weight is 329 g/mol. The number of esters is 1. The number of nitrogens with one attached hydrogen (secondary N) is 1. The van der Waals surface area contributed by atoms with Gasteiger partial charge in [-0.05, 0) is 51.5 Å². The van der Waals surface area contributed by atoms with E-state index in [2.05, 4.69) is 4.98 Å². The standard InChI is InChI=1S/C18H19NO5/c1-9-15(11(3)20)10(2)19-16(9)17(22)12(4)24-18(23)13-6-5-7-14(21)8-13/h5-8,12,19,21H,1-4H3/t12-/m1/s1. The minimum absolute atomic E-state index is 0.0645. The van der Waals surface area contributed by atoms with Crippen molar-refractivity contribution in [3.05, 3.63) is 52.3 Å². The second-order valence-corrected chi connectivity index (χ2v) is 5.64. The number of carbonyl (C=O) groups is 3. The molecule has 0 spiro atoms. The quantitative estimate of drug-likeness (QED) is 0.649. The molecule has 1 aromatic heterocycles. The fourth-order valence-electron chi connectivity index (χ4n) is 2.64. The van der Waals surface area contributed by atoms with Gasteiger partial charge in [0.15, 0.2) is 11.9 Å². The molecule has 2 N–H and O–H groups in total. The molecule has 0 saturated heterocycles. The highest BCUT2D eigenvalue weighted by Crippen LogP contribution is 2.21. The Labute approximate surface area is 139 Å². The Morgan fingerprint density at radius 1 is 1.21 bits per heavy atom. The van der Waals surface area contributed by atoms with Crippen molar-refractivity contribution in [2.75, 3.05) is 0 Å². The summed E-state index contributed by atoms with van der Waals surface area (Å²) in [5.41, 5.74) is 2.04. The van der Waals surface area contributed by atoms with Gasteiger partial charge in [0.25, 0.3) is 0 Å². The number of aromatic amines is 1. The number of Topliss-reactive ketones (excluding diaryl/α,β-unsaturated/α-hetero) is 2. The lowest BCUT2D eigenvalue weighted by Crippen LogP contribution is -2.25. The van der Waals surface area contributed by atoms with Gasteiger partial charge in [0.05, 0.1) is 11.3 Å². The number of aromatic hydroxyl groups is 1. The van der Waals surface area contributed by atoms with Crippen molar-refractivity contribution in [3.63, 3.8) is 0 Å². The van der Waals surface area contributed by atoms with Crippen molar-refractivity contribution in [1.29, 1.82) is 0 Å². The first-order valence-electron chi connectivity index (χ1n) is 7.46. The molecule has 126 valence electrons. The number of ketones is 2. The zero-order valence-corrected chi connectivity index (χ0v) is 14.0. The molecule has 0 saturated carbocycles. The van der Waals surface area contributed by atoms with Crippen LogP contribution >= 0.6 is 0 Å². The third-order valence-corrected chi connectivity index (χ3v) is 3.77. The van der Waals surface area contributed by atoms with Crippen molar-refractivity contribution in [2.24, 2.45) is 0 Å². The number of aromatic nitrogens is 1. The van der Waals surface area contributed by atoms with Gasteiger partial charge in [-0.3, -0.25) is 9.59 Å². The molecule has 0 fully saturated rings. The van der Waals surface area contributed by atoms with Gasteiger partial charge in [-0.15, -0.1) is 0 Å². The van der Waals surface area contributed by atoms with E-state index in [-0.39, 0.29) is 22.8 Å². The fourth-order valence-corrected chi connectivity index (χ4v) is 2.64. The maximum Gasteiger partial charge on any atom is 0.338 e. The number of phenolic OH excluding ortho intramolecular Hbond substituents is 1. The Balaban J connectivity index is 2.20. The van der Waals surface area contributed by atoms with Gasteiger partial charge < -0.3 is 14.8 Å². The van der Waals surface area contributed by atoms with Crippen LogP contribution in [0.15, 0.2) is 24.3 Å². The van der Waals surface area contributed by atoms with E-state index in [1.165, 1.54) is 38.1 Å². The van der Waals surface area contributed by atoms with Crippen LogP contribution < -0.4 is 0 Å². The molecule has 24 heavy (non-hydrogen) atoms. The molecule has 6 heteroatoms. The normalized spacial score (nSPS) is 11.8. The Hall–Kier alpha value is -2.89. The second kappa shape index (κ2) is 6.70. The van der Waals surface area contributed by atoms with Crippen LogP contribution in [0.4, 0.5) is 0 Å². The maximum atomic E-state index is 12.5. The molecule has 1 atom stereocenters. The molecule has 2 rings (SSSR count). The second-order valence-electron chi connectivity index (χ2n) is 5.64. The molecule has 6 nitrogen and oxygen atoms in total. The summed E-state index contributed by atoms with van der Waals surface area (Å²) >= 11 is 0. The molecule has 0 amide bonds. The van der Waals surface area contributed by atoms with E-state index in [4.69, 9.17) is 4.74 Å². The van der Waals surface area contributed by atoms with Gasteiger partial charge in [-0.2, -0.15) is 0 Å². The molecule has 0 aliphatic heterocycles. The molecule has 1 aromatic carbocycles. The first kappa shape index (κ1) is 17.5. The van der Waals surface area contributed by atoms with Gasteiger partial charge in [0.2, 0.25) is 5.78 Å². The van der Waals surface area contributed by atoms with Crippen molar-refractivity contribution in [2.45, 2.75) is 33.8 Å². The fraction of sp³-hybridized carbons (Fsp3) is 0.278. The number of benzene rings is 1. The molecular formula is C18H19NO5. The zero-order chi connectivity index (χ0) is 18.0. The minimum Gasteiger partial charge on any atom is -0.508 e. The highest BCUT2D eigenvalue weighted by atomic mass is 16.5. The van der Waals surface area contributed by atoms with Crippen LogP contribution in [-0.4, -0.2) is 33.7 Å². The van der Waals surface area contributed by atoms with Crippen LogP contribution in [0, 0.1) is 13.8 Å². The van der Waals surface area contributed by atoms with Gasteiger partial charge in [0.1, 0.15) is 5.75 Å². The lowest BCUT2D eigenvalue weighted by molar-refractivity contribution is 0.0316.